The second-order valence-corrected chi connectivity index (χ2v) is 5.42. The van der Waals surface area contributed by atoms with Gasteiger partial charge in [0.2, 0.25) is 0 Å². The number of hydrogen-bond donors (Lipinski definition) is 2. The number of aromatic nitrogens is 1. The molecule has 1 unspecified atom stereocenters. The van der Waals surface area contributed by atoms with Gasteiger partial charge in [0.15, 0.2) is 0 Å². The molecule has 0 aliphatic carbocycles. The Morgan fingerprint density at radius 2 is 2.17 bits per heavy atom. The number of H-pyrrole nitrogens is 1. The van der Waals surface area contributed by atoms with Crippen LogP contribution in [0.3, 0.4) is 0 Å². The molecule has 1 heterocycles. The van der Waals surface area contributed by atoms with Gasteiger partial charge in [-0.3, -0.25) is 0 Å². The van der Waals surface area contributed by atoms with Crippen LogP contribution in [-0.4, -0.2) is 16.2 Å². The quantitative estimate of drug-likeness (QED) is 0.828. The molecule has 2 nitrogen and oxygen atoms in total. The first kappa shape index (κ1) is 13.5. The van der Waals surface area contributed by atoms with Crippen LogP contribution in [0.1, 0.15) is 24.6 Å². The molecule has 0 amide bonds. The summed E-state index contributed by atoms with van der Waals surface area (Å²) in [6.45, 7) is 3.79. The van der Waals surface area contributed by atoms with Crippen molar-refractivity contribution in [2.75, 3.05) is 0 Å². The third kappa shape index (κ3) is 2.58. The summed E-state index contributed by atoms with van der Waals surface area (Å²) in [5.74, 6) is 0. The highest BCUT2D eigenvalue weighted by atomic mass is 35.5. The predicted molar refractivity (Wildman–Crippen MR) is 78.9 cm³/mol. The van der Waals surface area contributed by atoms with Crippen LogP contribution >= 0.6 is 23.8 Å². The second kappa shape index (κ2) is 5.39. The molecule has 0 aliphatic rings. The number of aliphatic hydroxyl groups excluding tert-OH is 1. The van der Waals surface area contributed by atoms with Gasteiger partial charge in [-0.25, -0.2) is 0 Å². The van der Waals surface area contributed by atoms with Crippen molar-refractivity contribution in [3.8, 4) is 0 Å². The molecule has 96 valence electrons. The van der Waals surface area contributed by atoms with Crippen molar-refractivity contribution in [2.24, 2.45) is 0 Å². The van der Waals surface area contributed by atoms with Gasteiger partial charge in [0.25, 0.3) is 0 Å². The topological polar surface area (TPSA) is 36.0 Å². The number of hydrogen-bond acceptors (Lipinski definition) is 2. The molecule has 0 bridgehead atoms. The normalized spacial score (nSPS) is 12.9. The summed E-state index contributed by atoms with van der Waals surface area (Å²) >= 11 is 11.7. The van der Waals surface area contributed by atoms with Gasteiger partial charge in [-0.15, -0.1) is 0 Å². The fraction of sp³-hybridized carbons (Fsp3) is 0.357. The van der Waals surface area contributed by atoms with Crippen LogP contribution in [-0.2, 0) is 6.42 Å². The second-order valence-electron chi connectivity index (χ2n) is 4.61. The Morgan fingerprint density at radius 1 is 1.44 bits per heavy atom. The van der Waals surface area contributed by atoms with E-state index < -0.39 is 0 Å². The molecule has 4 heteroatoms. The number of para-hydroxylation sites is 1. The first-order valence-corrected chi connectivity index (χ1v) is 6.77. The maximum Gasteiger partial charge on any atom is 0.0659 e. The average Bonchev–Trinajstić information content (AvgIpc) is 2.30. The number of aliphatic hydroxyl groups is 1. The van der Waals surface area contributed by atoms with Crippen molar-refractivity contribution in [1.29, 1.82) is 0 Å². The largest absolute Gasteiger partial charge is 0.393 e. The number of rotatable bonds is 3. The molecular weight excluding hydrogens is 266 g/mol. The number of halogens is 1. The smallest absolute Gasteiger partial charge is 0.0659 e. The van der Waals surface area contributed by atoms with E-state index in [1.54, 1.807) is 6.92 Å². The molecule has 0 saturated heterocycles. The molecule has 18 heavy (non-hydrogen) atoms. The zero-order valence-electron chi connectivity index (χ0n) is 10.5. The van der Waals surface area contributed by atoms with Crippen LogP contribution in [0.5, 0.6) is 0 Å². The summed E-state index contributed by atoms with van der Waals surface area (Å²) in [4.78, 5) is 3.31. The average molecular weight is 282 g/mol. The lowest BCUT2D eigenvalue weighted by atomic mass is 10.0. The van der Waals surface area contributed by atoms with Crippen molar-refractivity contribution in [1.82, 2.24) is 4.98 Å². The van der Waals surface area contributed by atoms with E-state index in [2.05, 4.69) is 4.98 Å². The Labute approximate surface area is 117 Å². The molecule has 2 aromatic rings. The van der Waals surface area contributed by atoms with Crippen molar-refractivity contribution >= 4 is 34.7 Å². The number of pyridine rings is 1. The Hall–Kier alpha value is -0.900. The van der Waals surface area contributed by atoms with Crippen LogP contribution < -0.4 is 0 Å². The minimum Gasteiger partial charge on any atom is -0.393 e. The predicted octanol–water partition coefficient (Wildman–Crippen LogP) is 4.17. The maximum atomic E-state index is 9.39. The fourth-order valence-corrected chi connectivity index (χ4v) is 2.74. The SMILES string of the molecule is Cc1[nH]c2c(Cl)cccc2c(=S)c1CCC(C)O. The molecule has 0 spiro atoms. The van der Waals surface area contributed by atoms with Gasteiger partial charge in [0, 0.05) is 11.1 Å². The zero-order valence-corrected chi connectivity index (χ0v) is 12.0. The van der Waals surface area contributed by atoms with E-state index in [0.29, 0.717) is 11.4 Å². The van der Waals surface area contributed by atoms with Gasteiger partial charge < -0.3 is 10.1 Å². The van der Waals surface area contributed by atoms with E-state index in [4.69, 9.17) is 23.8 Å². The molecule has 0 radical (unpaired) electrons. The Kier molecular flexibility index (Phi) is 4.05. The van der Waals surface area contributed by atoms with Crippen molar-refractivity contribution < 1.29 is 5.11 Å². The lowest BCUT2D eigenvalue weighted by Gasteiger charge is -2.11. The lowest BCUT2D eigenvalue weighted by molar-refractivity contribution is 0.185. The van der Waals surface area contributed by atoms with Crippen molar-refractivity contribution in [3.63, 3.8) is 0 Å². The molecule has 0 aliphatic heterocycles. The van der Waals surface area contributed by atoms with Gasteiger partial charge in [0.1, 0.15) is 0 Å². The summed E-state index contributed by atoms with van der Waals surface area (Å²) in [5.41, 5.74) is 3.02. The van der Waals surface area contributed by atoms with Crippen LogP contribution in [0.15, 0.2) is 18.2 Å². The Morgan fingerprint density at radius 3 is 2.83 bits per heavy atom. The lowest BCUT2D eigenvalue weighted by Crippen LogP contribution is -2.04. The van der Waals surface area contributed by atoms with Gasteiger partial charge in [-0.1, -0.05) is 36.0 Å². The number of benzene rings is 1. The highest BCUT2D eigenvalue weighted by Gasteiger charge is 2.09. The first-order valence-electron chi connectivity index (χ1n) is 5.98. The monoisotopic (exact) mass is 281 g/mol. The van der Waals surface area contributed by atoms with E-state index in [-0.39, 0.29) is 6.10 Å². The minimum atomic E-state index is -0.311. The summed E-state index contributed by atoms with van der Waals surface area (Å²) < 4.78 is 0.837. The van der Waals surface area contributed by atoms with E-state index in [1.807, 2.05) is 25.1 Å². The van der Waals surface area contributed by atoms with Crippen LogP contribution in [0.4, 0.5) is 0 Å². The highest BCUT2D eigenvalue weighted by Crippen LogP contribution is 2.26. The third-order valence-electron chi connectivity index (χ3n) is 3.11. The molecule has 2 rings (SSSR count). The van der Waals surface area contributed by atoms with E-state index in [9.17, 15) is 5.11 Å². The highest BCUT2D eigenvalue weighted by molar-refractivity contribution is 7.71. The Balaban J connectivity index is 2.59. The molecular formula is C14H16ClNOS. The van der Waals surface area contributed by atoms with Crippen LogP contribution in [0.25, 0.3) is 10.9 Å². The molecule has 0 fully saturated rings. The van der Waals surface area contributed by atoms with E-state index >= 15 is 0 Å². The van der Waals surface area contributed by atoms with Gasteiger partial charge in [0.05, 0.1) is 21.2 Å². The number of fused-ring (bicyclic) bond motifs is 1. The van der Waals surface area contributed by atoms with Gasteiger partial charge >= 0.3 is 0 Å². The summed E-state index contributed by atoms with van der Waals surface area (Å²) in [6, 6.07) is 5.73. The van der Waals surface area contributed by atoms with Crippen molar-refractivity contribution in [3.05, 3.63) is 39.0 Å². The summed E-state index contributed by atoms with van der Waals surface area (Å²) in [7, 11) is 0. The molecule has 1 atom stereocenters. The van der Waals surface area contributed by atoms with Crippen LogP contribution in [0.2, 0.25) is 5.02 Å². The van der Waals surface area contributed by atoms with Crippen LogP contribution in [0, 0.1) is 11.4 Å². The summed E-state index contributed by atoms with van der Waals surface area (Å²) in [5, 5.41) is 11.0. The molecule has 1 aromatic carbocycles. The minimum absolute atomic E-state index is 0.311. The molecule has 0 saturated carbocycles. The summed E-state index contributed by atoms with van der Waals surface area (Å²) in [6.07, 6.45) is 1.18. The van der Waals surface area contributed by atoms with Gasteiger partial charge in [-0.2, -0.15) is 0 Å². The maximum absolute atomic E-state index is 9.39. The number of aromatic amines is 1. The fourth-order valence-electron chi connectivity index (χ4n) is 2.09. The molecule has 2 N–H and O–H groups in total. The zero-order chi connectivity index (χ0) is 13.3. The van der Waals surface area contributed by atoms with E-state index in [1.165, 1.54) is 0 Å². The van der Waals surface area contributed by atoms with Gasteiger partial charge in [-0.05, 0) is 38.3 Å². The van der Waals surface area contributed by atoms with E-state index in [0.717, 1.165) is 33.1 Å². The Bertz CT molecular complexity index is 633. The third-order valence-corrected chi connectivity index (χ3v) is 3.89. The van der Waals surface area contributed by atoms with Crippen molar-refractivity contribution in [2.45, 2.75) is 32.8 Å². The first-order chi connectivity index (χ1) is 8.50. The number of nitrogens with one attached hydrogen (secondary N) is 1. The number of aryl methyl sites for hydroxylation is 1. The standard InChI is InChI=1S/C14H16ClNOS/c1-8(17)6-7-10-9(2)16-13-11(14(10)18)4-3-5-12(13)15/h3-5,8,17H,6-7H2,1-2H3,(H,16,18). The molecule has 1 aromatic heterocycles.